The number of aryl methyl sites for hydroxylation is 1. The first-order valence-corrected chi connectivity index (χ1v) is 5.29. The first-order valence-electron chi connectivity index (χ1n) is 5.29. The van der Waals surface area contributed by atoms with E-state index in [-0.39, 0.29) is 0 Å². The van der Waals surface area contributed by atoms with Gasteiger partial charge in [-0.25, -0.2) is 4.98 Å². The zero-order valence-electron chi connectivity index (χ0n) is 9.47. The molecule has 0 unspecified atom stereocenters. The van der Waals surface area contributed by atoms with Crippen molar-refractivity contribution >= 4 is 0 Å². The van der Waals surface area contributed by atoms with Crippen molar-refractivity contribution in [2.45, 2.75) is 13.3 Å². The van der Waals surface area contributed by atoms with E-state index in [1.807, 2.05) is 24.4 Å². The molecule has 0 aliphatic rings. The van der Waals surface area contributed by atoms with Gasteiger partial charge in [0.15, 0.2) is 0 Å². The molecule has 0 radical (unpaired) electrons. The van der Waals surface area contributed by atoms with Gasteiger partial charge < -0.3 is 4.74 Å². The van der Waals surface area contributed by atoms with Crippen LogP contribution < -0.4 is 4.74 Å². The molecule has 0 aliphatic heterocycles. The number of ether oxygens (including phenoxy) is 1. The van der Waals surface area contributed by atoms with E-state index in [9.17, 15) is 0 Å². The summed E-state index contributed by atoms with van der Waals surface area (Å²) in [5.41, 5.74) is 3.17. The second-order valence-corrected chi connectivity index (χ2v) is 3.45. The molecule has 3 nitrogen and oxygen atoms in total. The lowest BCUT2D eigenvalue weighted by Gasteiger charge is -2.07. The van der Waals surface area contributed by atoms with E-state index >= 15 is 0 Å². The zero-order chi connectivity index (χ0) is 11.4. The van der Waals surface area contributed by atoms with Crippen LogP contribution in [0.5, 0.6) is 5.88 Å². The van der Waals surface area contributed by atoms with Gasteiger partial charge in [-0.3, -0.25) is 4.98 Å². The van der Waals surface area contributed by atoms with Gasteiger partial charge in [0.2, 0.25) is 5.88 Å². The standard InChI is InChI=1S/C13H14N2O/c1-3-11-9-10(6-8-14-11)12-5-4-7-15-13(12)16-2/h4-9H,3H2,1-2H3. The number of rotatable bonds is 3. The third kappa shape index (κ3) is 2.03. The molecule has 0 fully saturated rings. The van der Waals surface area contributed by atoms with E-state index in [1.54, 1.807) is 13.3 Å². The molecule has 2 aromatic rings. The lowest BCUT2D eigenvalue weighted by atomic mass is 10.1. The van der Waals surface area contributed by atoms with E-state index in [1.165, 1.54) is 0 Å². The van der Waals surface area contributed by atoms with Crippen molar-refractivity contribution in [1.82, 2.24) is 9.97 Å². The van der Waals surface area contributed by atoms with Crippen LogP contribution in [0, 0.1) is 0 Å². The van der Waals surface area contributed by atoms with Gasteiger partial charge in [-0.1, -0.05) is 6.92 Å². The zero-order valence-corrected chi connectivity index (χ0v) is 9.47. The van der Waals surface area contributed by atoms with Crippen LogP contribution in [-0.4, -0.2) is 17.1 Å². The Bertz CT molecular complexity index is 483. The van der Waals surface area contributed by atoms with E-state index in [0.29, 0.717) is 5.88 Å². The van der Waals surface area contributed by atoms with Crippen LogP contribution in [0.1, 0.15) is 12.6 Å². The molecule has 0 atom stereocenters. The highest BCUT2D eigenvalue weighted by Crippen LogP contribution is 2.27. The molecule has 2 rings (SSSR count). The first kappa shape index (κ1) is 10.6. The number of hydrogen-bond acceptors (Lipinski definition) is 3. The summed E-state index contributed by atoms with van der Waals surface area (Å²) in [6, 6.07) is 7.95. The monoisotopic (exact) mass is 214 g/mol. The van der Waals surface area contributed by atoms with Crippen LogP contribution >= 0.6 is 0 Å². The summed E-state index contributed by atoms with van der Waals surface area (Å²) in [4.78, 5) is 8.46. The molecule has 0 bridgehead atoms. The number of aromatic nitrogens is 2. The minimum atomic E-state index is 0.649. The van der Waals surface area contributed by atoms with Crippen LogP contribution in [0.25, 0.3) is 11.1 Å². The topological polar surface area (TPSA) is 35.0 Å². The number of hydrogen-bond donors (Lipinski definition) is 0. The first-order chi connectivity index (χ1) is 7.85. The smallest absolute Gasteiger partial charge is 0.221 e. The van der Waals surface area contributed by atoms with Gasteiger partial charge in [-0.2, -0.15) is 0 Å². The second-order valence-electron chi connectivity index (χ2n) is 3.45. The van der Waals surface area contributed by atoms with Gasteiger partial charge in [0, 0.05) is 23.7 Å². The van der Waals surface area contributed by atoms with Gasteiger partial charge in [0.1, 0.15) is 0 Å². The van der Waals surface area contributed by atoms with Crippen molar-refractivity contribution in [3.8, 4) is 17.0 Å². The maximum absolute atomic E-state index is 5.24. The Balaban J connectivity index is 2.49. The quantitative estimate of drug-likeness (QED) is 0.788. The molecule has 0 amide bonds. The third-order valence-electron chi connectivity index (χ3n) is 2.45. The summed E-state index contributed by atoms with van der Waals surface area (Å²) in [7, 11) is 1.63. The van der Waals surface area contributed by atoms with Crippen molar-refractivity contribution < 1.29 is 4.74 Å². The Hall–Kier alpha value is -1.90. The Morgan fingerprint density at radius 3 is 2.81 bits per heavy atom. The number of methoxy groups -OCH3 is 1. The molecule has 0 saturated heterocycles. The van der Waals surface area contributed by atoms with Crippen molar-refractivity contribution in [2.24, 2.45) is 0 Å². The molecule has 0 saturated carbocycles. The van der Waals surface area contributed by atoms with Gasteiger partial charge >= 0.3 is 0 Å². The molecular formula is C13H14N2O. The third-order valence-corrected chi connectivity index (χ3v) is 2.45. The number of pyridine rings is 2. The van der Waals surface area contributed by atoms with Crippen molar-refractivity contribution in [3.05, 3.63) is 42.4 Å². The average molecular weight is 214 g/mol. The minimum absolute atomic E-state index is 0.649. The van der Waals surface area contributed by atoms with Crippen molar-refractivity contribution in [3.63, 3.8) is 0 Å². The van der Waals surface area contributed by atoms with Crippen LogP contribution in [0.3, 0.4) is 0 Å². The summed E-state index contributed by atoms with van der Waals surface area (Å²) in [5.74, 6) is 0.649. The molecule has 82 valence electrons. The summed E-state index contributed by atoms with van der Waals surface area (Å²) in [6.45, 7) is 2.09. The van der Waals surface area contributed by atoms with Crippen LogP contribution in [0.15, 0.2) is 36.7 Å². The van der Waals surface area contributed by atoms with Gasteiger partial charge in [0.25, 0.3) is 0 Å². The molecule has 0 spiro atoms. The maximum atomic E-state index is 5.24. The maximum Gasteiger partial charge on any atom is 0.221 e. The lowest BCUT2D eigenvalue weighted by Crippen LogP contribution is -1.92. The number of nitrogens with zero attached hydrogens (tertiary/aromatic N) is 2. The van der Waals surface area contributed by atoms with Gasteiger partial charge in [-0.05, 0) is 36.2 Å². The fourth-order valence-corrected chi connectivity index (χ4v) is 1.61. The molecule has 0 aliphatic carbocycles. The van der Waals surface area contributed by atoms with E-state index in [2.05, 4.69) is 23.0 Å². The lowest BCUT2D eigenvalue weighted by molar-refractivity contribution is 0.399. The summed E-state index contributed by atoms with van der Waals surface area (Å²) in [6.07, 6.45) is 4.47. The van der Waals surface area contributed by atoms with Crippen LogP contribution in [0.2, 0.25) is 0 Å². The average Bonchev–Trinajstić information content (AvgIpc) is 2.38. The molecule has 3 heteroatoms. The summed E-state index contributed by atoms with van der Waals surface area (Å²) >= 11 is 0. The van der Waals surface area contributed by atoms with Crippen LogP contribution in [-0.2, 0) is 6.42 Å². The summed E-state index contributed by atoms with van der Waals surface area (Å²) < 4.78 is 5.24. The molecule has 0 aromatic carbocycles. The largest absolute Gasteiger partial charge is 0.481 e. The second kappa shape index (κ2) is 4.75. The van der Waals surface area contributed by atoms with E-state index in [0.717, 1.165) is 23.2 Å². The highest BCUT2D eigenvalue weighted by Gasteiger charge is 2.06. The Morgan fingerprint density at radius 2 is 2.06 bits per heavy atom. The predicted molar refractivity (Wildman–Crippen MR) is 63.4 cm³/mol. The van der Waals surface area contributed by atoms with Crippen molar-refractivity contribution in [2.75, 3.05) is 7.11 Å². The predicted octanol–water partition coefficient (Wildman–Crippen LogP) is 2.71. The highest BCUT2D eigenvalue weighted by atomic mass is 16.5. The normalized spacial score (nSPS) is 10.1. The molecule has 0 N–H and O–H groups in total. The Labute approximate surface area is 95.1 Å². The molecule has 16 heavy (non-hydrogen) atoms. The van der Waals surface area contributed by atoms with Crippen LogP contribution in [0.4, 0.5) is 0 Å². The van der Waals surface area contributed by atoms with Crippen molar-refractivity contribution in [1.29, 1.82) is 0 Å². The Kier molecular flexibility index (Phi) is 3.15. The highest BCUT2D eigenvalue weighted by molar-refractivity contribution is 5.68. The fraction of sp³-hybridized carbons (Fsp3) is 0.231. The fourth-order valence-electron chi connectivity index (χ4n) is 1.61. The van der Waals surface area contributed by atoms with Gasteiger partial charge in [-0.15, -0.1) is 0 Å². The summed E-state index contributed by atoms with van der Waals surface area (Å²) in [5, 5.41) is 0. The van der Waals surface area contributed by atoms with Gasteiger partial charge in [0.05, 0.1) is 7.11 Å². The Morgan fingerprint density at radius 1 is 1.19 bits per heavy atom. The SMILES string of the molecule is CCc1cc(-c2cccnc2OC)ccn1. The van der Waals surface area contributed by atoms with E-state index in [4.69, 9.17) is 4.74 Å². The minimum Gasteiger partial charge on any atom is -0.481 e. The molecule has 2 heterocycles. The van der Waals surface area contributed by atoms with E-state index < -0.39 is 0 Å². The molecular weight excluding hydrogens is 200 g/mol. The molecule has 2 aromatic heterocycles.